The maximum Gasteiger partial charge on any atom is 0.329 e. The van der Waals surface area contributed by atoms with Crippen LogP contribution in [0.1, 0.15) is 38.0 Å². The van der Waals surface area contributed by atoms with Crippen LogP contribution in [0.2, 0.25) is 0 Å². The van der Waals surface area contributed by atoms with Crippen molar-refractivity contribution in [3.05, 3.63) is 59.2 Å². The third kappa shape index (κ3) is 3.30. The van der Waals surface area contributed by atoms with Crippen LogP contribution in [0.15, 0.2) is 42.5 Å². The van der Waals surface area contributed by atoms with Crippen molar-refractivity contribution in [3.8, 4) is 5.75 Å². The fourth-order valence-electron chi connectivity index (χ4n) is 3.26. The Kier molecular flexibility index (Phi) is 4.78. The second-order valence-corrected chi connectivity index (χ2v) is 6.78. The predicted molar refractivity (Wildman–Crippen MR) is 102 cm³/mol. The zero-order chi connectivity index (χ0) is 21.4. The van der Waals surface area contributed by atoms with Gasteiger partial charge in [0.2, 0.25) is 0 Å². The Bertz CT molecular complexity index is 1070. The van der Waals surface area contributed by atoms with E-state index in [2.05, 4.69) is 5.32 Å². The van der Waals surface area contributed by atoms with E-state index in [9.17, 15) is 24.0 Å². The van der Waals surface area contributed by atoms with Gasteiger partial charge in [-0.15, -0.1) is 0 Å². The van der Waals surface area contributed by atoms with E-state index in [4.69, 9.17) is 9.47 Å². The zero-order valence-corrected chi connectivity index (χ0v) is 15.8. The van der Waals surface area contributed by atoms with Crippen molar-refractivity contribution in [2.45, 2.75) is 13.0 Å². The molecule has 152 valence electrons. The first-order valence-electron chi connectivity index (χ1n) is 9.10. The van der Waals surface area contributed by atoms with E-state index in [0.717, 1.165) is 4.90 Å². The summed E-state index contributed by atoms with van der Waals surface area (Å²) in [5.41, 5.74) is 0.997. The summed E-state index contributed by atoms with van der Waals surface area (Å²) in [6.07, 6.45) is 0. The zero-order valence-electron chi connectivity index (χ0n) is 15.8. The number of imide groups is 1. The standard InChI is InChI=1S/C21H16N2O7/c1-11(23-19(26)13-4-2-3-5-14(13)20(23)27)21(28)30-9-16(24)12-6-7-17-15(8-12)22-18(25)10-29-17/h2-8,11H,9-10H2,1H3,(H,22,25)/t11-/m0/s1. The van der Waals surface area contributed by atoms with E-state index in [-0.39, 0.29) is 29.2 Å². The molecule has 3 amide bonds. The van der Waals surface area contributed by atoms with Crippen molar-refractivity contribution < 1.29 is 33.4 Å². The molecule has 0 radical (unpaired) electrons. The summed E-state index contributed by atoms with van der Waals surface area (Å²) < 4.78 is 10.3. The topological polar surface area (TPSA) is 119 Å². The Morgan fingerprint density at radius 2 is 1.77 bits per heavy atom. The molecule has 0 aromatic heterocycles. The SMILES string of the molecule is C[C@@H](C(=O)OCC(=O)c1ccc2c(c1)NC(=O)CO2)N1C(=O)c2ccccc2C1=O. The minimum atomic E-state index is -1.19. The Morgan fingerprint density at radius 1 is 1.10 bits per heavy atom. The molecule has 4 rings (SSSR count). The van der Waals surface area contributed by atoms with Crippen molar-refractivity contribution in [2.24, 2.45) is 0 Å². The van der Waals surface area contributed by atoms with Crippen molar-refractivity contribution in [1.82, 2.24) is 4.90 Å². The Balaban J connectivity index is 1.41. The lowest BCUT2D eigenvalue weighted by Crippen LogP contribution is -2.44. The molecule has 2 aromatic rings. The van der Waals surface area contributed by atoms with Gasteiger partial charge in [-0.25, -0.2) is 4.79 Å². The molecule has 0 unspecified atom stereocenters. The number of ketones is 1. The van der Waals surface area contributed by atoms with Gasteiger partial charge in [-0.1, -0.05) is 12.1 Å². The number of rotatable bonds is 5. The molecule has 1 N–H and O–H groups in total. The number of anilines is 1. The summed E-state index contributed by atoms with van der Waals surface area (Å²) in [4.78, 5) is 61.9. The van der Waals surface area contributed by atoms with Crippen LogP contribution in [0.4, 0.5) is 5.69 Å². The molecule has 0 fully saturated rings. The summed E-state index contributed by atoms with van der Waals surface area (Å²) >= 11 is 0. The Hall–Kier alpha value is -4.01. The van der Waals surface area contributed by atoms with Crippen LogP contribution in [0.5, 0.6) is 5.75 Å². The fourth-order valence-corrected chi connectivity index (χ4v) is 3.26. The first-order chi connectivity index (χ1) is 14.4. The Labute approximate surface area is 170 Å². The van der Waals surface area contributed by atoms with Gasteiger partial charge in [-0.3, -0.25) is 24.1 Å². The lowest BCUT2D eigenvalue weighted by molar-refractivity contribution is -0.146. The molecule has 0 aliphatic carbocycles. The number of ether oxygens (including phenoxy) is 2. The van der Waals surface area contributed by atoms with E-state index in [1.165, 1.54) is 37.3 Å². The molecule has 2 aliphatic rings. The van der Waals surface area contributed by atoms with Crippen molar-refractivity contribution in [2.75, 3.05) is 18.5 Å². The van der Waals surface area contributed by atoms with Gasteiger partial charge in [-0.2, -0.15) is 0 Å². The summed E-state index contributed by atoms with van der Waals surface area (Å²) in [6, 6.07) is 9.52. The smallest absolute Gasteiger partial charge is 0.329 e. The molecule has 9 nitrogen and oxygen atoms in total. The summed E-state index contributed by atoms with van der Waals surface area (Å²) in [5, 5.41) is 2.59. The number of amides is 3. The van der Waals surface area contributed by atoms with Crippen molar-refractivity contribution in [1.29, 1.82) is 0 Å². The van der Waals surface area contributed by atoms with Crippen LogP contribution in [0.3, 0.4) is 0 Å². The monoisotopic (exact) mass is 408 g/mol. The number of nitrogens with one attached hydrogen (secondary N) is 1. The van der Waals surface area contributed by atoms with E-state index in [1.54, 1.807) is 12.1 Å². The third-order valence-corrected chi connectivity index (χ3v) is 4.83. The maximum absolute atomic E-state index is 12.5. The summed E-state index contributed by atoms with van der Waals surface area (Å²) in [5.74, 6) is -2.47. The number of carbonyl (C=O) groups excluding carboxylic acids is 5. The molecule has 30 heavy (non-hydrogen) atoms. The van der Waals surface area contributed by atoms with E-state index >= 15 is 0 Å². The molecule has 2 heterocycles. The molecule has 0 saturated heterocycles. The van der Waals surface area contributed by atoms with Gasteiger partial charge in [0.1, 0.15) is 11.8 Å². The number of fused-ring (bicyclic) bond motifs is 2. The normalized spacial score (nSPS) is 15.6. The first kappa shape index (κ1) is 19.3. The highest BCUT2D eigenvalue weighted by Crippen LogP contribution is 2.29. The first-order valence-corrected chi connectivity index (χ1v) is 9.10. The highest BCUT2D eigenvalue weighted by atomic mass is 16.5. The molecule has 2 aromatic carbocycles. The molecule has 0 spiro atoms. The molecule has 0 bridgehead atoms. The number of hydrogen-bond acceptors (Lipinski definition) is 7. The minimum Gasteiger partial charge on any atom is -0.482 e. The number of carbonyl (C=O) groups is 5. The van der Waals surface area contributed by atoms with E-state index in [1.807, 2.05) is 0 Å². The van der Waals surface area contributed by atoms with Crippen LogP contribution in [-0.4, -0.2) is 53.6 Å². The van der Waals surface area contributed by atoms with Crippen LogP contribution >= 0.6 is 0 Å². The summed E-state index contributed by atoms with van der Waals surface area (Å²) in [6.45, 7) is 0.674. The minimum absolute atomic E-state index is 0.104. The lowest BCUT2D eigenvalue weighted by atomic mass is 10.1. The van der Waals surface area contributed by atoms with Gasteiger partial charge in [0.05, 0.1) is 16.8 Å². The van der Waals surface area contributed by atoms with Gasteiger partial charge < -0.3 is 14.8 Å². The number of benzene rings is 2. The lowest BCUT2D eigenvalue weighted by Gasteiger charge is -2.21. The van der Waals surface area contributed by atoms with E-state index < -0.39 is 36.2 Å². The third-order valence-electron chi connectivity index (χ3n) is 4.83. The highest BCUT2D eigenvalue weighted by Gasteiger charge is 2.41. The molecular weight excluding hydrogens is 392 g/mol. The van der Waals surface area contributed by atoms with Gasteiger partial charge in [0.15, 0.2) is 19.0 Å². The van der Waals surface area contributed by atoms with Crippen LogP contribution < -0.4 is 10.1 Å². The van der Waals surface area contributed by atoms with Crippen LogP contribution in [0.25, 0.3) is 0 Å². The van der Waals surface area contributed by atoms with Gasteiger partial charge >= 0.3 is 5.97 Å². The molecular formula is C21H16N2O7. The highest BCUT2D eigenvalue weighted by molar-refractivity contribution is 6.22. The predicted octanol–water partition coefficient (Wildman–Crippen LogP) is 1.43. The van der Waals surface area contributed by atoms with Crippen LogP contribution in [-0.2, 0) is 14.3 Å². The van der Waals surface area contributed by atoms with Crippen molar-refractivity contribution >= 4 is 35.2 Å². The van der Waals surface area contributed by atoms with Gasteiger partial charge in [0.25, 0.3) is 17.7 Å². The molecule has 2 aliphatic heterocycles. The molecule has 0 saturated carbocycles. The summed E-state index contributed by atoms with van der Waals surface area (Å²) in [7, 11) is 0. The van der Waals surface area contributed by atoms with Crippen molar-refractivity contribution in [3.63, 3.8) is 0 Å². The van der Waals surface area contributed by atoms with Gasteiger partial charge in [0, 0.05) is 5.56 Å². The largest absolute Gasteiger partial charge is 0.482 e. The van der Waals surface area contributed by atoms with E-state index in [0.29, 0.717) is 11.4 Å². The quantitative estimate of drug-likeness (QED) is 0.451. The number of nitrogens with zero attached hydrogens (tertiary/aromatic N) is 1. The maximum atomic E-state index is 12.5. The molecule has 1 atom stereocenters. The second kappa shape index (κ2) is 7.43. The number of hydrogen-bond donors (Lipinski definition) is 1. The second-order valence-electron chi connectivity index (χ2n) is 6.78. The molecule has 9 heteroatoms. The fraction of sp³-hybridized carbons (Fsp3) is 0.190. The Morgan fingerprint density at radius 3 is 2.43 bits per heavy atom. The average Bonchev–Trinajstić information content (AvgIpc) is 3.01. The van der Waals surface area contributed by atoms with Gasteiger partial charge in [-0.05, 0) is 37.3 Å². The number of esters is 1. The number of Topliss-reactive ketones (excluding diaryl/α,β-unsaturated/α-hetero) is 1. The van der Waals surface area contributed by atoms with Crippen LogP contribution in [0, 0.1) is 0 Å². The average molecular weight is 408 g/mol.